The molecule has 1 saturated heterocycles. The number of carbonyl (C=O) groups is 2. The Bertz CT molecular complexity index is 616. The maximum Gasteiger partial charge on any atom is 0.303 e. The third-order valence-electron chi connectivity index (χ3n) is 3.11. The first kappa shape index (κ1) is 17.5. The Balaban J connectivity index is 1.80. The van der Waals surface area contributed by atoms with Gasteiger partial charge in [0, 0.05) is 19.4 Å². The first-order valence-electron chi connectivity index (χ1n) is 7.21. The second-order valence-corrected chi connectivity index (χ2v) is 6.52. The molecule has 0 saturated carbocycles. The van der Waals surface area contributed by atoms with Crippen molar-refractivity contribution in [3.8, 4) is 5.75 Å². The lowest BCUT2D eigenvalue weighted by atomic mass is 10.3. The standard InChI is InChI=1S/C16H17NO4S2/c18-14(19)9-4-10-17-15(20)13(23-16(17)22)8-5-11-21-12-6-2-1-3-7-12/h1-3,6-8H,4-5,9-11H2,(H,18,19)/b13-8-. The van der Waals surface area contributed by atoms with Crippen LogP contribution >= 0.6 is 24.0 Å². The number of carboxylic acids is 1. The van der Waals surface area contributed by atoms with Gasteiger partial charge < -0.3 is 9.84 Å². The molecule has 1 aliphatic heterocycles. The number of amides is 1. The maximum absolute atomic E-state index is 12.2. The van der Waals surface area contributed by atoms with Crippen molar-refractivity contribution >= 4 is 40.2 Å². The Morgan fingerprint density at radius 1 is 1.35 bits per heavy atom. The van der Waals surface area contributed by atoms with E-state index in [1.807, 2.05) is 36.4 Å². The van der Waals surface area contributed by atoms with Gasteiger partial charge in [-0.2, -0.15) is 0 Å². The van der Waals surface area contributed by atoms with Gasteiger partial charge >= 0.3 is 5.97 Å². The van der Waals surface area contributed by atoms with Crippen LogP contribution < -0.4 is 4.74 Å². The van der Waals surface area contributed by atoms with Crippen LogP contribution in [-0.4, -0.2) is 39.4 Å². The largest absolute Gasteiger partial charge is 0.493 e. The molecule has 122 valence electrons. The van der Waals surface area contributed by atoms with Gasteiger partial charge in [-0.3, -0.25) is 14.5 Å². The van der Waals surface area contributed by atoms with Crippen LogP contribution in [0.3, 0.4) is 0 Å². The van der Waals surface area contributed by atoms with Crippen LogP contribution in [0.15, 0.2) is 41.3 Å². The zero-order valence-corrected chi connectivity index (χ0v) is 14.1. The van der Waals surface area contributed by atoms with Crippen molar-refractivity contribution in [1.29, 1.82) is 0 Å². The molecule has 1 heterocycles. The molecule has 0 radical (unpaired) electrons. The fourth-order valence-electron chi connectivity index (χ4n) is 2.00. The van der Waals surface area contributed by atoms with Crippen LogP contribution in [0.5, 0.6) is 5.75 Å². The van der Waals surface area contributed by atoms with Crippen molar-refractivity contribution < 1.29 is 19.4 Å². The van der Waals surface area contributed by atoms with E-state index in [0.717, 1.165) is 5.75 Å². The summed E-state index contributed by atoms with van der Waals surface area (Å²) in [6, 6.07) is 9.47. The number of thioether (sulfide) groups is 1. The zero-order chi connectivity index (χ0) is 16.7. The van der Waals surface area contributed by atoms with Gasteiger partial charge in [-0.1, -0.05) is 48.3 Å². The molecule has 0 unspecified atom stereocenters. The van der Waals surface area contributed by atoms with Crippen molar-refractivity contribution in [3.05, 3.63) is 41.3 Å². The van der Waals surface area contributed by atoms with Gasteiger partial charge in [-0.25, -0.2) is 0 Å². The van der Waals surface area contributed by atoms with Crippen molar-refractivity contribution in [2.24, 2.45) is 0 Å². The lowest BCUT2D eigenvalue weighted by molar-refractivity contribution is -0.137. The summed E-state index contributed by atoms with van der Waals surface area (Å²) in [6.07, 6.45) is 2.85. The Morgan fingerprint density at radius 2 is 2.09 bits per heavy atom. The molecule has 0 bridgehead atoms. The minimum absolute atomic E-state index is 0.0288. The van der Waals surface area contributed by atoms with Crippen molar-refractivity contribution in [1.82, 2.24) is 4.90 Å². The van der Waals surface area contributed by atoms with E-state index in [9.17, 15) is 9.59 Å². The highest BCUT2D eigenvalue weighted by Gasteiger charge is 2.31. The summed E-state index contributed by atoms with van der Waals surface area (Å²) >= 11 is 6.43. The Hall–Kier alpha value is -1.86. The lowest BCUT2D eigenvalue weighted by Crippen LogP contribution is -2.29. The Kier molecular flexibility index (Phi) is 6.61. The highest BCUT2D eigenvalue weighted by molar-refractivity contribution is 8.26. The monoisotopic (exact) mass is 351 g/mol. The molecule has 0 spiro atoms. The first-order chi connectivity index (χ1) is 11.1. The molecule has 1 aromatic rings. The number of carboxylic acid groups (broad SMARTS) is 1. The number of hydrogen-bond donors (Lipinski definition) is 1. The number of thiocarbonyl (C=S) groups is 1. The van der Waals surface area contributed by atoms with Crippen molar-refractivity contribution in [3.63, 3.8) is 0 Å². The van der Waals surface area contributed by atoms with Gasteiger partial charge in [0.05, 0.1) is 11.5 Å². The fourth-order valence-corrected chi connectivity index (χ4v) is 3.32. The highest BCUT2D eigenvalue weighted by Crippen LogP contribution is 2.31. The molecule has 2 rings (SSSR count). The van der Waals surface area contributed by atoms with Crippen LogP contribution in [0.1, 0.15) is 19.3 Å². The molecule has 0 atom stereocenters. The van der Waals surface area contributed by atoms with Gasteiger partial charge in [-0.15, -0.1) is 0 Å². The number of carbonyl (C=O) groups excluding carboxylic acids is 1. The number of aliphatic carboxylic acids is 1. The quantitative estimate of drug-likeness (QED) is 0.441. The van der Waals surface area contributed by atoms with Gasteiger partial charge in [0.15, 0.2) is 0 Å². The number of ether oxygens (including phenoxy) is 1. The number of hydrogen-bond acceptors (Lipinski definition) is 5. The van der Waals surface area contributed by atoms with Crippen molar-refractivity contribution in [2.45, 2.75) is 19.3 Å². The average molecular weight is 351 g/mol. The van der Waals surface area contributed by atoms with E-state index >= 15 is 0 Å². The molecule has 5 nitrogen and oxygen atoms in total. The summed E-state index contributed by atoms with van der Waals surface area (Å²) in [5.41, 5.74) is 0. The second-order valence-electron chi connectivity index (χ2n) is 4.84. The summed E-state index contributed by atoms with van der Waals surface area (Å²) < 4.78 is 6.05. The minimum atomic E-state index is -0.871. The third-order valence-corrected chi connectivity index (χ3v) is 4.53. The molecule has 1 fully saturated rings. The minimum Gasteiger partial charge on any atom is -0.493 e. The normalized spacial score (nSPS) is 16.2. The molecule has 1 aromatic carbocycles. The topological polar surface area (TPSA) is 66.8 Å². The predicted octanol–water partition coefficient (Wildman–Crippen LogP) is 3.06. The summed E-state index contributed by atoms with van der Waals surface area (Å²) in [4.78, 5) is 24.8. The fraction of sp³-hybridized carbons (Fsp3) is 0.312. The van der Waals surface area contributed by atoms with E-state index < -0.39 is 5.97 Å². The molecule has 1 amide bonds. The summed E-state index contributed by atoms with van der Waals surface area (Å²) in [7, 11) is 0. The lowest BCUT2D eigenvalue weighted by Gasteiger charge is -2.13. The highest BCUT2D eigenvalue weighted by atomic mass is 32.2. The van der Waals surface area contributed by atoms with Gasteiger partial charge in [0.25, 0.3) is 5.91 Å². The molecular weight excluding hydrogens is 334 g/mol. The van der Waals surface area contributed by atoms with E-state index in [2.05, 4.69) is 0 Å². The van der Waals surface area contributed by atoms with E-state index in [-0.39, 0.29) is 12.3 Å². The van der Waals surface area contributed by atoms with E-state index in [4.69, 9.17) is 22.1 Å². The average Bonchev–Trinajstić information content (AvgIpc) is 2.80. The summed E-state index contributed by atoms with van der Waals surface area (Å²) in [5, 5.41) is 8.64. The van der Waals surface area contributed by atoms with Gasteiger partial charge in [0.1, 0.15) is 10.1 Å². The third kappa shape index (κ3) is 5.37. The van der Waals surface area contributed by atoms with E-state index in [0.29, 0.717) is 35.2 Å². The van der Waals surface area contributed by atoms with Crippen LogP contribution in [0.2, 0.25) is 0 Å². The second kappa shape index (κ2) is 8.69. The van der Waals surface area contributed by atoms with Gasteiger partial charge in [-0.05, 0) is 18.6 Å². The van der Waals surface area contributed by atoms with E-state index in [1.54, 1.807) is 0 Å². The van der Waals surface area contributed by atoms with Crippen LogP contribution in [0.25, 0.3) is 0 Å². The molecule has 23 heavy (non-hydrogen) atoms. The maximum atomic E-state index is 12.2. The smallest absolute Gasteiger partial charge is 0.303 e. The molecule has 1 N–H and O–H groups in total. The molecule has 0 aromatic heterocycles. The van der Waals surface area contributed by atoms with Crippen LogP contribution in [0, 0.1) is 0 Å². The van der Waals surface area contributed by atoms with Gasteiger partial charge in [0.2, 0.25) is 0 Å². The zero-order valence-electron chi connectivity index (χ0n) is 12.4. The van der Waals surface area contributed by atoms with Crippen LogP contribution in [-0.2, 0) is 9.59 Å². The first-order valence-corrected chi connectivity index (χ1v) is 8.44. The molecule has 0 aliphatic carbocycles. The van der Waals surface area contributed by atoms with Crippen LogP contribution in [0.4, 0.5) is 0 Å². The Morgan fingerprint density at radius 3 is 2.78 bits per heavy atom. The number of nitrogens with zero attached hydrogens (tertiary/aromatic N) is 1. The number of para-hydroxylation sites is 1. The Labute approximate surface area is 144 Å². The molecular formula is C16H17NO4S2. The molecule has 1 aliphatic rings. The summed E-state index contributed by atoms with van der Waals surface area (Å²) in [5.74, 6) is -0.226. The SMILES string of the molecule is O=C(O)CCCN1C(=O)/C(=C/CCOc2ccccc2)SC1=S. The molecule has 7 heteroatoms. The number of benzene rings is 1. The number of rotatable bonds is 8. The van der Waals surface area contributed by atoms with E-state index in [1.165, 1.54) is 16.7 Å². The predicted molar refractivity (Wildman–Crippen MR) is 93.4 cm³/mol. The summed E-state index contributed by atoms with van der Waals surface area (Å²) in [6.45, 7) is 0.821. The van der Waals surface area contributed by atoms with Crippen molar-refractivity contribution in [2.75, 3.05) is 13.2 Å².